The van der Waals surface area contributed by atoms with Crippen molar-refractivity contribution in [3.05, 3.63) is 70.8 Å². The maximum absolute atomic E-state index is 12.6. The van der Waals surface area contributed by atoms with Crippen LogP contribution in [0.3, 0.4) is 0 Å². The summed E-state index contributed by atoms with van der Waals surface area (Å²) >= 11 is 0. The third-order valence-corrected chi connectivity index (χ3v) is 6.04. The number of rotatable bonds is 6. The van der Waals surface area contributed by atoms with E-state index in [-0.39, 0.29) is 43.1 Å². The molecular weight excluding hydrogens is 467 g/mol. The third-order valence-electron chi connectivity index (χ3n) is 6.04. The fourth-order valence-electron chi connectivity index (χ4n) is 4.26. The second-order valence-electron chi connectivity index (χ2n) is 8.09. The summed E-state index contributed by atoms with van der Waals surface area (Å²) in [4.78, 5) is 17.5. The van der Waals surface area contributed by atoms with Crippen LogP contribution in [0, 0.1) is 0 Å². The standard InChI is InChI=1S/C24H32N4O.3ClH/c29-24(23-7-6-21-8-10-25-11-9-22(21)18-23)26-12-13-27-14-16-28(17-15-27)19-20-4-2-1-3-5-20;;;/h1-7,18,25H,8-17,19H2,(H,26,29);3*1H. The quantitative estimate of drug-likeness (QED) is 0.638. The van der Waals surface area contributed by atoms with Crippen LogP contribution >= 0.6 is 37.2 Å². The zero-order valence-corrected chi connectivity index (χ0v) is 20.9. The largest absolute Gasteiger partial charge is 0.351 e. The zero-order chi connectivity index (χ0) is 19.9. The van der Waals surface area contributed by atoms with Crippen LogP contribution in [0.5, 0.6) is 0 Å². The molecule has 1 fully saturated rings. The van der Waals surface area contributed by atoms with E-state index in [2.05, 4.69) is 62.9 Å². The molecule has 2 aliphatic rings. The van der Waals surface area contributed by atoms with Gasteiger partial charge in [-0.3, -0.25) is 14.6 Å². The minimum Gasteiger partial charge on any atom is -0.351 e. The number of benzene rings is 2. The second-order valence-corrected chi connectivity index (χ2v) is 8.09. The lowest BCUT2D eigenvalue weighted by Crippen LogP contribution is -2.48. The van der Waals surface area contributed by atoms with Gasteiger partial charge in [-0.15, -0.1) is 37.2 Å². The minimum atomic E-state index is 0. The average molecular weight is 502 g/mol. The minimum absolute atomic E-state index is 0. The Labute approximate surface area is 210 Å². The van der Waals surface area contributed by atoms with Gasteiger partial charge < -0.3 is 10.6 Å². The van der Waals surface area contributed by atoms with Crippen molar-refractivity contribution < 1.29 is 4.79 Å². The molecule has 5 nitrogen and oxygen atoms in total. The van der Waals surface area contributed by atoms with Gasteiger partial charge in [-0.1, -0.05) is 36.4 Å². The van der Waals surface area contributed by atoms with Crippen molar-refractivity contribution in [2.45, 2.75) is 19.4 Å². The highest BCUT2D eigenvalue weighted by molar-refractivity contribution is 5.94. The molecule has 0 unspecified atom stereocenters. The molecule has 0 bridgehead atoms. The molecule has 0 aliphatic carbocycles. The first-order chi connectivity index (χ1) is 14.3. The summed E-state index contributed by atoms with van der Waals surface area (Å²) in [6.07, 6.45) is 2.05. The number of carbonyl (C=O) groups excluding carboxylic acids is 1. The topological polar surface area (TPSA) is 47.6 Å². The molecule has 0 radical (unpaired) electrons. The first kappa shape index (κ1) is 28.7. The van der Waals surface area contributed by atoms with E-state index in [1.807, 2.05) is 6.07 Å². The summed E-state index contributed by atoms with van der Waals surface area (Å²) in [6.45, 7) is 8.97. The van der Waals surface area contributed by atoms with Gasteiger partial charge in [0.05, 0.1) is 0 Å². The van der Waals surface area contributed by atoms with Crippen molar-refractivity contribution >= 4 is 43.1 Å². The number of hydrogen-bond acceptors (Lipinski definition) is 4. The van der Waals surface area contributed by atoms with Crippen molar-refractivity contribution in [1.82, 2.24) is 20.4 Å². The van der Waals surface area contributed by atoms with Crippen molar-refractivity contribution in [2.75, 3.05) is 52.4 Å². The molecule has 2 heterocycles. The predicted molar refractivity (Wildman–Crippen MR) is 139 cm³/mol. The Morgan fingerprint density at radius 1 is 0.844 bits per heavy atom. The highest BCUT2D eigenvalue weighted by atomic mass is 35.5. The van der Waals surface area contributed by atoms with E-state index in [4.69, 9.17) is 0 Å². The molecular formula is C24H35Cl3N4O. The highest BCUT2D eigenvalue weighted by Crippen LogP contribution is 2.15. The van der Waals surface area contributed by atoms with Crippen molar-refractivity contribution in [3.8, 4) is 0 Å². The predicted octanol–water partition coefficient (Wildman–Crippen LogP) is 3.19. The molecule has 1 amide bonds. The van der Waals surface area contributed by atoms with Gasteiger partial charge >= 0.3 is 0 Å². The van der Waals surface area contributed by atoms with Gasteiger partial charge in [-0.25, -0.2) is 0 Å². The fraction of sp³-hybridized carbons (Fsp3) is 0.458. The molecule has 1 saturated heterocycles. The molecule has 0 saturated carbocycles. The molecule has 2 aromatic rings. The maximum Gasteiger partial charge on any atom is 0.251 e. The summed E-state index contributed by atoms with van der Waals surface area (Å²) in [5.41, 5.74) is 4.86. The van der Waals surface area contributed by atoms with Crippen LogP contribution < -0.4 is 10.6 Å². The summed E-state index contributed by atoms with van der Waals surface area (Å²) in [5.74, 6) is 0.0488. The molecule has 0 atom stereocenters. The summed E-state index contributed by atoms with van der Waals surface area (Å²) in [7, 11) is 0. The first-order valence-corrected chi connectivity index (χ1v) is 10.9. The lowest BCUT2D eigenvalue weighted by atomic mass is 10.00. The van der Waals surface area contributed by atoms with Gasteiger partial charge in [0.2, 0.25) is 0 Å². The molecule has 32 heavy (non-hydrogen) atoms. The lowest BCUT2D eigenvalue weighted by Gasteiger charge is -2.34. The Morgan fingerprint density at radius 3 is 2.22 bits per heavy atom. The normalized spacial score (nSPS) is 16.4. The Bertz CT molecular complexity index is 814. The van der Waals surface area contributed by atoms with Crippen molar-refractivity contribution in [3.63, 3.8) is 0 Å². The third kappa shape index (κ3) is 8.22. The Morgan fingerprint density at radius 2 is 1.50 bits per heavy atom. The summed E-state index contributed by atoms with van der Waals surface area (Å²) in [5, 5.41) is 6.53. The molecule has 4 rings (SSSR count). The van der Waals surface area contributed by atoms with Gasteiger partial charge in [0.25, 0.3) is 5.91 Å². The van der Waals surface area contributed by atoms with Crippen molar-refractivity contribution in [2.24, 2.45) is 0 Å². The van der Waals surface area contributed by atoms with Gasteiger partial charge in [-0.2, -0.15) is 0 Å². The van der Waals surface area contributed by atoms with Crippen LogP contribution in [-0.2, 0) is 19.4 Å². The number of amides is 1. The molecule has 0 spiro atoms. The zero-order valence-electron chi connectivity index (χ0n) is 18.4. The van der Waals surface area contributed by atoms with E-state index in [1.54, 1.807) is 0 Å². The van der Waals surface area contributed by atoms with Crippen LogP contribution in [0.1, 0.15) is 27.0 Å². The van der Waals surface area contributed by atoms with E-state index in [0.717, 1.165) is 70.8 Å². The number of hydrogen-bond donors (Lipinski definition) is 2. The number of nitrogens with zero attached hydrogens (tertiary/aromatic N) is 2. The van der Waals surface area contributed by atoms with Gasteiger partial charge in [0.1, 0.15) is 0 Å². The van der Waals surface area contributed by atoms with Crippen LogP contribution in [0.25, 0.3) is 0 Å². The molecule has 2 aliphatic heterocycles. The maximum atomic E-state index is 12.6. The van der Waals surface area contributed by atoms with E-state index < -0.39 is 0 Å². The molecule has 178 valence electrons. The smallest absolute Gasteiger partial charge is 0.251 e. The summed E-state index contributed by atoms with van der Waals surface area (Å²) in [6, 6.07) is 16.9. The van der Waals surface area contributed by atoms with E-state index in [9.17, 15) is 4.79 Å². The van der Waals surface area contributed by atoms with Crippen LogP contribution in [0.15, 0.2) is 48.5 Å². The Hall–Kier alpha value is -1.34. The molecule has 8 heteroatoms. The Kier molecular flexibility index (Phi) is 13.2. The number of nitrogens with one attached hydrogen (secondary N) is 2. The fourth-order valence-corrected chi connectivity index (χ4v) is 4.26. The van der Waals surface area contributed by atoms with Gasteiger partial charge in [-0.05, 0) is 54.8 Å². The molecule has 2 N–H and O–H groups in total. The number of carbonyl (C=O) groups is 1. The van der Waals surface area contributed by atoms with E-state index in [1.165, 1.54) is 16.7 Å². The first-order valence-electron chi connectivity index (χ1n) is 10.9. The number of halogens is 3. The summed E-state index contributed by atoms with van der Waals surface area (Å²) < 4.78 is 0. The van der Waals surface area contributed by atoms with Crippen molar-refractivity contribution in [1.29, 1.82) is 0 Å². The van der Waals surface area contributed by atoms with Crippen LogP contribution in [0.2, 0.25) is 0 Å². The highest BCUT2D eigenvalue weighted by Gasteiger charge is 2.17. The van der Waals surface area contributed by atoms with E-state index in [0.29, 0.717) is 6.54 Å². The van der Waals surface area contributed by atoms with Crippen LogP contribution in [0.4, 0.5) is 0 Å². The lowest BCUT2D eigenvalue weighted by molar-refractivity contribution is 0.0934. The van der Waals surface area contributed by atoms with Gasteiger partial charge in [0, 0.05) is 51.4 Å². The second kappa shape index (κ2) is 14.7. The van der Waals surface area contributed by atoms with E-state index >= 15 is 0 Å². The SMILES string of the molecule is Cl.Cl.Cl.O=C(NCCN1CCN(Cc2ccccc2)CC1)c1ccc2c(c1)CCNCC2. The monoisotopic (exact) mass is 500 g/mol. The van der Waals surface area contributed by atoms with Crippen LogP contribution in [-0.4, -0.2) is 68.1 Å². The van der Waals surface area contributed by atoms with Gasteiger partial charge in [0.15, 0.2) is 0 Å². The number of piperazine rings is 1. The average Bonchev–Trinajstić information content (AvgIpc) is 3.00. The molecule has 0 aromatic heterocycles. The number of fused-ring (bicyclic) bond motifs is 1. The molecule has 2 aromatic carbocycles. The Balaban J connectivity index is 0.00000171.